The molecule has 0 radical (unpaired) electrons. The molecule has 0 saturated heterocycles. The van der Waals surface area contributed by atoms with Crippen molar-refractivity contribution in [1.82, 2.24) is 5.32 Å². The number of carbonyl (C=O) groups is 4. The molecule has 0 aliphatic heterocycles. The maximum absolute atomic E-state index is 11.2. The number of unbranched alkanes of at least 4 members (excludes halogenated alkanes) is 1. The van der Waals surface area contributed by atoms with E-state index < -0.39 is 30.0 Å². The van der Waals surface area contributed by atoms with Gasteiger partial charge in [-0.1, -0.05) is 13.3 Å². The van der Waals surface area contributed by atoms with Crippen LogP contribution in [-0.2, 0) is 19.1 Å². The minimum atomic E-state index is -1.86. The molecule has 1 amide bonds. The highest BCUT2D eigenvalue weighted by Gasteiger charge is 2.35. The van der Waals surface area contributed by atoms with Crippen LogP contribution >= 0.6 is 0 Å². The summed E-state index contributed by atoms with van der Waals surface area (Å²) in [5, 5.41) is 19.2. The molecule has 0 heterocycles. The van der Waals surface area contributed by atoms with Crippen LogP contribution < -0.4 is 5.32 Å². The average molecular weight is 261 g/mol. The minimum absolute atomic E-state index is 0.0482. The van der Waals surface area contributed by atoms with Crippen molar-refractivity contribution in [3.63, 3.8) is 0 Å². The molecule has 102 valence electrons. The van der Waals surface area contributed by atoms with Crippen molar-refractivity contribution in [3.05, 3.63) is 0 Å². The van der Waals surface area contributed by atoms with E-state index in [1.807, 2.05) is 12.2 Å². The van der Waals surface area contributed by atoms with Crippen LogP contribution in [0.15, 0.2) is 0 Å². The molecule has 0 aromatic carbocycles. The number of hydrogen-bond donors (Lipinski definition) is 3. The van der Waals surface area contributed by atoms with Crippen molar-refractivity contribution in [2.45, 2.75) is 25.8 Å². The number of ether oxygens (including phenoxy) is 1. The van der Waals surface area contributed by atoms with Gasteiger partial charge in [-0.15, -0.1) is 0 Å². The van der Waals surface area contributed by atoms with Gasteiger partial charge in [-0.3, -0.25) is 4.79 Å². The van der Waals surface area contributed by atoms with Gasteiger partial charge in [-0.2, -0.15) is 0 Å². The monoisotopic (exact) mass is 261 g/mol. The second-order valence-corrected chi connectivity index (χ2v) is 3.45. The fraction of sp³-hybridized carbons (Fsp3) is 0.600. The van der Waals surface area contributed by atoms with Crippen LogP contribution in [0.4, 0.5) is 4.79 Å². The summed E-state index contributed by atoms with van der Waals surface area (Å²) in [6.45, 7) is 1.96. The van der Waals surface area contributed by atoms with Crippen molar-refractivity contribution in [3.8, 4) is 0 Å². The highest BCUT2D eigenvalue weighted by atomic mass is 16.5. The van der Waals surface area contributed by atoms with Crippen LogP contribution in [0, 0.1) is 5.92 Å². The summed E-state index contributed by atoms with van der Waals surface area (Å²) in [6.07, 6.45) is 0.264. The van der Waals surface area contributed by atoms with Crippen molar-refractivity contribution >= 4 is 24.3 Å². The third-order valence-corrected chi connectivity index (χ3v) is 2.06. The van der Waals surface area contributed by atoms with Gasteiger partial charge in [0.2, 0.25) is 0 Å². The molecule has 1 unspecified atom stereocenters. The summed E-state index contributed by atoms with van der Waals surface area (Å²) in [4.78, 5) is 43.1. The quantitative estimate of drug-likeness (QED) is 0.315. The average Bonchev–Trinajstić information content (AvgIpc) is 2.28. The number of alkyl carbamates (subject to hydrolysis) is 1. The first kappa shape index (κ1) is 15.9. The first-order valence-electron chi connectivity index (χ1n) is 5.28. The zero-order valence-corrected chi connectivity index (χ0v) is 9.79. The standard InChI is InChI=1S/C10H15NO7/c1-2-3-4-18-10(17)11-7(9(15)16)6(5-12)8(13)14/h5-7H,2-4H2,1H3,(H,11,17)(H,13,14)(H,15,16)/t6?,7-/m0/s1. The minimum Gasteiger partial charge on any atom is -0.481 e. The van der Waals surface area contributed by atoms with Gasteiger partial charge < -0.3 is 25.1 Å². The number of hydrogen-bond acceptors (Lipinski definition) is 5. The summed E-state index contributed by atoms with van der Waals surface area (Å²) in [5.41, 5.74) is 0. The Morgan fingerprint density at radius 3 is 2.28 bits per heavy atom. The highest BCUT2D eigenvalue weighted by molar-refractivity contribution is 5.95. The molecule has 0 aromatic rings. The van der Waals surface area contributed by atoms with Gasteiger partial charge in [0.15, 0.2) is 0 Å². The number of rotatable bonds is 8. The molecule has 0 bridgehead atoms. The third-order valence-electron chi connectivity index (χ3n) is 2.06. The lowest BCUT2D eigenvalue weighted by molar-refractivity contribution is -0.152. The Labute approximate surface area is 103 Å². The largest absolute Gasteiger partial charge is 0.481 e. The molecule has 8 nitrogen and oxygen atoms in total. The molecular weight excluding hydrogens is 246 g/mol. The Bertz CT molecular complexity index is 328. The van der Waals surface area contributed by atoms with E-state index in [1.165, 1.54) is 0 Å². The molecule has 0 rings (SSSR count). The fourth-order valence-electron chi connectivity index (χ4n) is 1.06. The first-order valence-corrected chi connectivity index (χ1v) is 5.28. The highest BCUT2D eigenvalue weighted by Crippen LogP contribution is 2.03. The molecule has 2 atom stereocenters. The first-order chi connectivity index (χ1) is 8.43. The van der Waals surface area contributed by atoms with Crippen LogP contribution in [0.1, 0.15) is 19.8 Å². The van der Waals surface area contributed by atoms with E-state index >= 15 is 0 Å². The molecule has 3 N–H and O–H groups in total. The van der Waals surface area contributed by atoms with Gasteiger partial charge in [0.1, 0.15) is 18.2 Å². The molecular formula is C10H15NO7. The maximum Gasteiger partial charge on any atom is 0.407 e. The maximum atomic E-state index is 11.2. The van der Waals surface area contributed by atoms with E-state index in [-0.39, 0.29) is 12.9 Å². The zero-order chi connectivity index (χ0) is 14.1. The van der Waals surface area contributed by atoms with Gasteiger partial charge in [-0.05, 0) is 6.42 Å². The van der Waals surface area contributed by atoms with Gasteiger partial charge in [0.05, 0.1) is 6.61 Å². The van der Waals surface area contributed by atoms with E-state index in [2.05, 4.69) is 4.74 Å². The second kappa shape index (κ2) is 8.04. The lowest BCUT2D eigenvalue weighted by Crippen LogP contribution is -2.49. The summed E-state index contributed by atoms with van der Waals surface area (Å²) >= 11 is 0. The SMILES string of the molecule is CCCCOC(=O)N[C@H](C(=O)O)C(C=O)C(=O)O. The number of carboxylic acids is 2. The van der Waals surface area contributed by atoms with Crippen molar-refractivity contribution in [2.75, 3.05) is 6.61 Å². The second-order valence-electron chi connectivity index (χ2n) is 3.45. The van der Waals surface area contributed by atoms with E-state index in [0.29, 0.717) is 6.42 Å². The molecule has 0 saturated carbocycles. The number of carboxylic acid groups (broad SMARTS) is 2. The van der Waals surface area contributed by atoms with Gasteiger partial charge in [0.25, 0.3) is 0 Å². The van der Waals surface area contributed by atoms with Gasteiger partial charge in [0, 0.05) is 0 Å². The Balaban J connectivity index is 4.53. The van der Waals surface area contributed by atoms with Crippen molar-refractivity contribution in [1.29, 1.82) is 0 Å². The van der Waals surface area contributed by atoms with E-state index in [9.17, 15) is 19.2 Å². The molecule has 0 spiro atoms. The summed E-state index contributed by atoms with van der Waals surface area (Å²) in [6, 6.07) is -1.85. The van der Waals surface area contributed by atoms with Crippen LogP contribution in [0.2, 0.25) is 0 Å². The number of carbonyl (C=O) groups excluding carboxylic acids is 2. The van der Waals surface area contributed by atoms with Crippen molar-refractivity contribution < 1.29 is 34.1 Å². The fourth-order valence-corrected chi connectivity index (χ4v) is 1.06. The predicted molar refractivity (Wildman–Crippen MR) is 58.0 cm³/mol. The molecule has 0 fully saturated rings. The van der Waals surface area contributed by atoms with Crippen LogP contribution in [0.25, 0.3) is 0 Å². The van der Waals surface area contributed by atoms with E-state index in [4.69, 9.17) is 10.2 Å². The lowest BCUT2D eigenvalue weighted by atomic mass is 10.0. The predicted octanol–water partition coefficient (Wildman–Crippen LogP) is -0.134. The molecule has 8 heteroatoms. The normalized spacial score (nSPS) is 13.2. The third kappa shape index (κ3) is 5.28. The molecule has 18 heavy (non-hydrogen) atoms. The number of aliphatic carboxylic acids is 2. The Hall–Kier alpha value is -2.12. The number of aldehydes is 1. The Morgan fingerprint density at radius 2 is 1.89 bits per heavy atom. The van der Waals surface area contributed by atoms with E-state index in [1.54, 1.807) is 0 Å². The van der Waals surface area contributed by atoms with Crippen LogP contribution in [0.5, 0.6) is 0 Å². The molecule has 0 aromatic heterocycles. The van der Waals surface area contributed by atoms with Gasteiger partial charge >= 0.3 is 18.0 Å². The van der Waals surface area contributed by atoms with Crippen LogP contribution in [0.3, 0.4) is 0 Å². The zero-order valence-electron chi connectivity index (χ0n) is 9.79. The summed E-state index contributed by atoms with van der Waals surface area (Å²) in [5.74, 6) is -5.12. The van der Waals surface area contributed by atoms with Gasteiger partial charge in [-0.25, -0.2) is 9.59 Å². The number of nitrogens with one attached hydrogen (secondary N) is 1. The summed E-state index contributed by atoms with van der Waals surface area (Å²) in [7, 11) is 0. The smallest absolute Gasteiger partial charge is 0.407 e. The van der Waals surface area contributed by atoms with E-state index in [0.717, 1.165) is 6.42 Å². The summed E-state index contributed by atoms with van der Waals surface area (Å²) < 4.78 is 4.62. The Kier molecular flexibility index (Phi) is 7.10. The topological polar surface area (TPSA) is 130 Å². The lowest BCUT2D eigenvalue weighted by Gasteiger charge is -2.16. The number of amides is 1. The molecule has 0 aliphatic rings. The van der Waals surface area contributed by atoms with Crippen molar-refractivity contribution in [2.24, 2.45) is 5.92 Å². The van der Waals surface area contributed by atoms with Crippen LogP contribution in [-0.4, -0.2) is 47.2 Å². The molecule has 0 aliphatic carbocycles. The Morgan fingerprint density at radius 1 is 1.28 bits per heavy atom.